The normalized spacial score (nSPS) is 11.1. The minimum atomic E-state index is -0.334. The molecule has 0 spiro atoms. The Hall–Kier alpha value is -2.89. The van der Waals surface area contributed by atoms with Gasteiger partial charge < -0.3 is 14.9 Å². The molecule has 0 radical (unpaired) electrons. The van der Waals surface area contributed by atoms with Crippen molar-refractivity contribution in [1.29, 1.82) is 0 Å². The second-order valence-electron chi connectivity index (χ2n) is 6.37. The monoisotopic (exact) mass is 341 g/mol. The number of amides is 1. The Bertz CT molecular complexity index is 1080. The Kier molecular flexibility index (Phi) is 3.99. The number of nitrogens with zero attached hydrogens (tertiary/aromatic N) is 1. The van der Waals surface area contributed by atoms with Crippen LogP contribution in [0.2, 0.25) is 0 Å². The van der Waals surface area contributed by atoms with Gasteiger partial charge in [0, 0.05) is 29.5 Å². The molecule has 0 atom stereocenters. The number of carbonyl (C=O) groups is 1. The Balaban J connectivity index is 2.18. The smallest absolute Gasteiger partial charge is 0.272 e. The average Bonchev–Trinajstić information content (AvgIpc) is 2.81. The summed E-state index contributed by atoms with van der Waals surface area (Å²) < 4.78 is 15.1. The zero-order valence-corrected chi connectivity index (χ0v) is 14.9. The van der Waals surface area contributed by atoms with Crippen LogP contribution < -0.4 is 10.9 Å². The average molecular weight is 341 g/mol. The topological polar surface area (TPSA) is 66.9 Å². The Morgan fingerprint density at radius 1 is 1.16 bits per heavy atom. The molecule has 5 nitrogen and oxygen atoms in total. The molecule has 1 amide bonds. The van der Waals surface area contributed by atoms with E-state index in [4.69, 9.17) is 0 Å². The van der Waals surface area contributed by atoms with Crippen LogP contribution in [0.25, 0.3) is 10.8 Å². The Labute approximate surface area is 144 Å². The lowest BCUT2D eigenvalue weighted by molar-refractivity contribution is 0.102. The number of benzene rings is 1. The van der Waals surface area contributed by atoms with Crippen LogP contribution in [0.15, 0.2) is 23.0 Å². The highest BCUT2D eigenvalue weighted by atomic mass is 19.1. The number of nitrogens with one attached hydrogen (secondary N) is 2. The quantitative estimate of drug-likeness (QED) is 0.749. The zero-order chi connectivity index (χ0) is 18.5. The molecule has 1 aromatic carbocycles. The van der Waals surface area contributed by atoms with E-state index in [-0.39, 0.29) is 17.3 Å². The summed E-state index contributed by atoms with van der Waals surface area (Å²) in [6.07, 6.45) is 0. The predicted molar refractivity (Wildman–Crippen MR) is 96.8 cm³/mol. The van der Waals surface area contributed by atoms with Crippen LogP contribution in [0.4, 0.5) is 10.1 Å². The van der Waals surface area contributed by atoms with Crippen molar-refractivity contribution in [3.63, 3.8) is 0 Å². The van der Waals surface area contributed by atoms with Crippen LogP contribution >= 0.6 is 0 Å². The van der Waals surface area contributed by atoms with E-state index in [1.165, 1.54) is 12.1 Å². The minimum absolute atomic E-state index is 0.206. The Morgan fingerprint density at radius 2 is 1.84 bits per heavy atom. The summed E-state index contributed by atoms with van der Waals surface area (Å²) in [5, 5.41) is 3.97. The fourth-order valence-electron chi connectivity index (χ4n) is 3.14. The maximum atomic E-state index is 13.4. The van der Waals surface area contributed by atoms with Crippen LogP contribution in [0, 0.1) is 33.5 Å². The van der Waals surface area contributed by atoms with Crippen molar-refractivity contribution in [2.45, 2.75) is 27.7 Å². The lowest BCUT2D eigenvalue weighted by Crippen LogP contribution is -2.17. The molecule has 2 N–H and O–H groups in total. The summed E-state index contributed by atoms with van der Waals surface area (Å²) in [7, 11) is 1.76. The van der Waals surface area contributed by atoms with Gasteiger partial charge in [-0.15, -0.1) is 0 Å². The van der Waals surface area contributed by atoms with Gasteiger partial charge in [0.25, 0.3) is 11.5 Å². The van der Waals surface area contributed by atoms with E-state index in [2.05, 4.69) is 10.3 Å². The fraction of sp³-hybridized carbons (Fsp3) is 0.263. The Morgan fingerprint density at radius 3 is 2.48 bits per heavy atom. The first-order chi connectivity index (χ1) is 11.7. The molecule has 0 bridgehead atoms. The number of fused-ring (bicyclic) bond motifs is 1. The summed E-state index contributed by atoms with van der Waals surface area (Å²) in [4.78, 5) is 28.1. The highest BCUT2D eigenvalue weighted by Gasteiger charge is 2.23. The molecule has 2 aromatic heterocycles. The van der Waals surface area contributed by atoms with Crippen molar-refractivity contribution in [3.05, 3.63) is 62.6 Å². The number of hydrogen-bond acceptors (Lipinski definition) is 2. The number of anilines is 1. The van der Waals surface area contributed by atoms with E-state index in [0.29, 0.717) is 27.7 Å². The molecule has 0 saturated carbocycles. The SMILES string of the molecule is Cc1cc(NC(=O)c2c3c(C)c(C)[nH]c(=O)c3c(C)n2C)ccc1F. The van der Waals surface area contributed by atoms with Crippen molar-refractivity contribution >= 4 is 22.4 Å². The first kappa shape index (κ1) is 17.0. The number of H-pyrrole nitrogens is 1. The molecule has 0 saturated heterocycles. The van der Waals surface area contributed by atoms with Gasteiger partial charge in [-0.2, -0.15) is 0 Å². The molecule has 0 aliphatic carbocycles. The van der Waals surface area contributed by atoms with Gasteiger partial charge in [0.1, 0.15) is 11.5 Å². The summed E-state index contributed by atoms with van der Waals surface area (Å²) >= 11 is 0. The molecule has 3 aromatic rings. The number of halogens is 1. The third-order valence-corrected chi connectivity index (χ3v) is 4.78. The number of aromatic nitrogens is 2. The molecule has 3 rings (SSSR count). The molecule has 6 heteroatoms. The van der Waals surface area contributed by atoms with E-state index in [1.807, 2.05) is 20.8 Å². The highest BCUT2D eigenvalue weighted by Crippen LogP contribution is 2.27. The molecular weight excluding hydrogens is 321 g/mol. The standard InChI is InChI=1S/C19H20FN3O2/c1-9-8-13(6-7-14(9)20)22-19(25)17-15-10(2)11(3)21-18(24)16(15)12(4)23(17)5/h6-8H,1-5H3,(H,21,24)(H,22,25). The first-order valence-electron chi connectivity index (χ1n) is 7.98. The summed E-state index contributed by atoms with van der Waals surface area (Å²) in [5.74, 6) is -0.657. The number of pyridine rings is 1. The molecule has 2 heterocycles. The fourth-order valence-corrected chi connectivity index (χ4v) is 3.14. The first-order valence-corrected chi connectivity index (χ1v) is 7.98. The van der Waals surface area contributed by atoms with Gasteiger partial charge >= 0.3 is 0 Å². The van der Waals surface area contributed by atoms with E-state index >= 15 is 0 Å². The van der Waals surface area contributed by atoms with Gasteiger partial charge in [-0.25, -0.2) is 4.39 Å². The van der Waals surface area contributed by atoms with Crippen LogP contribution in [-0.2, 0) is 7.05 Å². The number of carbonyl (C=O) groups excluding carboxylic acids is 1. The van der Waals surface area contributed by atoms with Gasteiger partial charge in [0.05, 0.1) is 5.39 Å². The summed E-state index contributed by atoms with van der Waals surface area (Å²) in [6, 6.07) is 4.42. The largest absolute Gasteiger partial charge is 0.343 e. The van der Waals surface area contributed by atoms with Crippen molar-refractivity contribution in [3.8, 4) is 0 Å². The van der Waals surface area contributed by atoms with Crippen LogP contribution in [0.3, 0.4) is 0 Å². The molecule has 0 unspecified atom stereocenters. The van der Waals surface area contributed by atoms with Gasteiger partial charge in [0.2, 0.25) is 0 Å². The summed E-state index contributed by atoms with van der Waals surface area (Å²) in [6.45, 7) is 7.14. The number of hydrogen-bond donors (Lipinski definition) is 2. The zero-order valence-electron chi connectivity index (χ0n) is 14.9. The van der Waals surface area contributed by atoms with Crippen molar-refractivity contribution in [1.82, 2.24) is 9.55 Å². The van der Waals surface area contributed by atoms with Crippen molar-refractivity contribution in [2.75, 3.05) is 5.32 Å². The number of aryl methyl sites for hydroxylation is 4. The minimum Gasteiger partial charge on any atom is -0.343 e. The molecule has 0 fully saturated rings. The van der Waals surface area contributed by atoms with E-state index in [9.17, 15) is 14.0 Å². The lowest BCUT2D eigenvalue weighted by atomic mass is 10.1. The van der Waals surface area contributed by atoms with Crippen molar-refractivity contribution in [2.24, 2.45) is 7.05 Å². The summed E-state index contributed by atoms with van der Waals surface area (Å²) in [5.41, 5.74) is 3.49. The molecular formula is C19H20FN3O2. The molecule has 130 valence electrons. The highest BCUT2D eigenvalue weighted by molar-refractivity contribution is 6.13. The molecule has 25 heavy (non-hydrogen) atoms. The molecule has 0 aliphatic heterocycles. The second kappa shape index (κ2) is 5.88. The van der Waals surface area contributed by atoms with Crippen LogP contribution in [-0.4, -0.2) is 15.5 Å². The van der Waals surface area contributed by atoms with E-state index < -0.39 is 0 Å². The third-order valence-electron chi connectivity index (χ3n) is 4.78. The third kappa shape index (κ3) is 2.63. The van der Waals surface area contributed by atoms with E-state index in [0.717, 1.165) is 17.0 Å². The van der Waals surface area contributed by atoms with Gasteiger partial charge in [-0.3, -0.25) is 9.59 Å². The number of rotatable bonds is 2. The predicted octanol–water partition coefficient (Wildman–Crippen LogP) is 3.49. The van der Waals surface area contributed by atoms with Crippen molar-refractivity contribution < 1.29 is 9.18 Å². The van der Waals surface area contributed by atoms with Crippen LogP contribution in [0.5, 0.6) is 0 Å². The van der Waals surface area contributed by atoms with Gasteiger partial charge in [0.15, 0.2) is 0 Å². The molecule has 0 aliphatic rings. The van der Waals surface area contributed by atoms with E-state index in [1.54, 1.807) is 24.6 Å². The van der Waals surface area contributed by atoms with Gasteiger partial charge in [-0.05, 0) is 57.0 Å². The van der Waals surface area contributed by atoms with Crippen LogP contribution in [0.1, 0.15) is 33.0 Å². The second-order valence-corrected chi connectivity index (χ2v) is 6.37. The lowest BCUT2D eigenvalue weighted by Gasteiger charge is -2.10. The maximum Gasteiger partial charge on any atom is 0.272 e. The maximum absolute atomic E-state index is 13.4. The van der Waals surface area contributed by atoms with Gasteiger partial charge in [-0.1, -0.05) is 0 Å². The number of aromatic amines is 1.